The largest absolute Gasteiger partial charge is 0.378 e. The number of nitrogens with two attached hydrogens (primary N) is 1. The first kappa shape index (κ1) is 23.5. The first-order chi connectivity index (χ1) is 17.0. The van der Waals surface area contributed by atoms with Crippen LogP contribution in [0.5, 0.6) is 0 Å². The number of ether oxygens (including phenoxy) is 2. The van der Waals surface area contributed by atoms with Gasteiger partial charge in [0.15, 0.2) is 9.84 Å². The van der Waals surface area contributed by atoms with Crippen LogP contribution in [0.25, 0.3) is 11.1 Å². The highest BCUT2D eigenvalue weighted by Gasteiger charge is 2.21. The minimum atomic E-state index is -3.61. The van der Waals surface area contributed by atoms with E-state index >= 15 is 0 Å². The van der Waals surface area contributed by atoms with Gasteiger partial charge >= 0.3 is 0 Å². The van der Waals surface area contributed by atoms with Gasteiger partial charge in [-0.05, 0) is 41.5 Å². The standard InChI is InChI=1S/C25H29N5O4S/c26-25-27-16-21(17-28-25)20-13-23(30-7-11-34-12-8-30)15-24(14-20)35(31,32)18-19-1-3-22(4-2-19)29-5-9-33-10-6-29/h1-4,13-17H,5-12,18H2,(H2,26,27,28). The number of rotatable bonds is 6. The molecular formula is C25H29N5O4S. The van der Waals surface area contributed by atoms with Gasteiger partial charge in [-0.3, -0.25) is 0 Å². The van der Waals surface area contributed by atoms with Crippen molar-refractivity contribution in [2.45, 2.75) is 10.6 Å². The molecule has 0 atom stereocenters. The Bertz CT molecular complexity index is 1250. The average molecular weight is 496 g/mol. The molecule has 2 saturated heterocycles. The van der Waals surface area contributed by atoms with E-state index in [0.29, 0.717) is 45.1 Å². The van der Waals surface area contributed by atoms with E-state index in [1.165, 1.54) is 0 Å². The zero-order chi connectivity index (χ0) is 24.3. The number of nitrogens with zero attached hydrogens (tertiary/aromatic N) is 4. The van der Waals surface area contributed by atoms with Gasteiger partial charge < -0.3 is 25.0 Å². The Labute approximate surface area is 205 Å². The topological polar surface area (TPSA) is 111 Å². The lowest BCUT2D eigenvalue weighted by Crippen LogP contribution is -2.36. The summed E-state index contributed by atoms with van der Waals surface area (Å²) >= 11 is 0. The average Bonchev–Trinajstić information content (AvgIpc) is 2.90. The fourth-order valence-electron chi connectivity index (χ4n) is 4.35. The molecule has 2 aliphatic heterocycles. The molecule has 1 aromatic heterocycles. The summed E-state index contributed by atoms with van der Waals surface area (Å²) in [6, 6.07) is 13.2. The van der Waals surface area contributed by atoms with Gasteiger partial charge in [-0.2, -0.15) is 0 Å². The van der Waals surface area contributed by atoms with Crippen molar-refractivity contribution in [2.24, 2.45) is 0 Å². The molecule has 0 radical (unpaired) electrons. The molecule has 2 aliphatic rings. The molecule has 0 unspecified atom stereocenters. The summed E-state index contributed by atoms with van der Waals surface area (Å²) in [7, 11) is -3.61. The van der Waals surface area contributed by atoms with E-state index in [0.717, 1.165) is 35.6 Å². The Morgan fingerprint density at radius 1 is 0.771 bits per heavy atom. The van der Waals surface area contributed by atoms with Gasteiger partial charge in [-0.1, -0.05) is 12.1 Å². The van der Waals surface area contributed by atoms with Crippen LogP contribution in [0.4, 0.5) is 17.3 Å². The van der Waals surface area contributed by atoms with E-state index < -0.39 is 9.84 Å². The van der Waals surface area contributed by atoms with Crippen molar-refractivity contribution in [3.8, 4) is 11.1 Å². The highest BCUT2D eigenvalue weighted by molar-refractivity contribution is 7.90. The molecule has 2 N–H and O–H groups in total. The highest BCUT2D eigenvalue weighted by atomic mass is 32.2. The maximum Gasteiger partial charge on any atom is 0.219 e. The first-order valence-electron chi connectivity index (χ1n) is 11.7. The smallest absolute Gasteiger partial charge is 0.219 e. The number of hydrogen-bond acceptors (Lipinski definition) is 9. The van der Waals surface area contributed by atoms with Gasteiger partial charge in [-0.15, -0.1) is 0 Å². The van der Waals surface area contributed by atoms with E-state index in [2.05, 4.69) is 19.8 Å². The van der Waals surface area contributed by atoms with Crippen LogP contribution < -0.4 is 15.5 Å². The van der Waals surface area contributed by atoms with Crippen molar-refractivity contribution in [1.82, 2.24) is 9.97 Å². The van der Waals surface area contributed by atoms with Gasteiger partial charge in [0.2, 0.25) is 5.95 Å². The SMILES string of the molecule is Nc1ncc(-c2cc(N3CCOCC3)cc(S(=O)(=O)Cc3ccc(N4CCOCC4)cc3)c2)cn1. The number of anilines is 3. The predicted molar refractivity (Wildman–Crippen MR) is 135 cm³/mol. The third-order valence-corrected chi connectivity index (χ3v) is 7.97. The summed E-state index contributed by atoms with van der Waals surface area (Å²) in [5.74, 6) is 0.0899. The third-order valence-electron chi connectivity index (χ3n) is 6.30. The first-order valence-corrected chi connectivity index (χ1v) is 13.3. The Balaban J connectivity index is 1.44. The van der Waals surface area contributed by atoms with Crippen LogP contribution in [0.2, 0.25) is 0 Å². The summed E-state index contributed by atoms with van der Waals surface area (Å²) < 4.78 is 38.0. The van der Waals surface area contributed by atoms with E-state index in [-0.39, 0.29) is 16.6 Å². The van der Waals surface area contributed by atoms with Crippen molar-refractivity contribution >= 4 is 27.2 Å². The molecule has 2 aromatic carbocycles. The van der Waals surface area contributed by atoms with Crippen LogP contribution in [0, 0.1) is 0 Å². The number of morpholine rings is 2. The maximum atomic E-state index is 13.5. The summed E-state index contributed by atoms with van der Waals surface area (Å²) in [4.78, 5) is 12.8. The molecule has 0 saturated carbocycles. The van der Waals surface area contributed by atoms with Crippen LogP contribution in [0.3, 0.4) is 0 Å². The van der Waals surface area contributed by atoms with Gasteiger partial charge in [0.1, 0.15) is 0 Å². The quantitative estimate of drug-likeness (QED) is 0.551. The number of hydrogen-bond donors (Lipinski definition) is 1. The zero-order valence-corrected chi connectivity index (χ0v) is 20.3. The van der Waals surface area contributed by atoms with Crippen LogP contribution in [-0.2, 0) is 25.1 Å². The number of benzene rings is 2. The van der Waals surface area contributed by atoms with E-state index in [1.54, 1.807) is 24.5 Å². The second-order valence-corrected chi connectivity index (χ2v) is 10.7. The second-order valence-electron chi connectivity index (χ2n) is 8.67. The Morgan fingerprint density at radius 2 is 1.34 bits per heavy atom. The summed E-state index contributed by atoms with van der Waals surface area (Å²) in [5.41, 5.74) is 9.75. The van der Waals surface area contributed by atoms with Crippen molar-refractivity contribution < 1.29 is 17.9 Å². The fourth-order valence-corrected chi connectivity index (χ4v) is 5.75. The van der Waals surface area contributed by atoms with Gasteiger partial charge in [0.25, 0.3) is 0 Å². The van der Waals surface area contributed by atoms with Crippen molar-refractivity contribution in [3.05, 3.63) is 60.4 Å². The lowest BCUT2D eigenvalue weighted by molar-refractivity contribution is 0.122. The van der Waals surface area contributed by atoms with Crippen LogP contribution >= 0.6 is 0 Å². The molecule has 5 rings (SSSR count). The molecule has 0 bridgehead atoms. The Kier molecular flexibility index (Phi) is 6.85. The van der Waals surface area contributed by atoms with Crippen LogP contribution in [0.15, 0.2) is 59.8 Å². The number of nitrogen functional groups attached to an aromatic ring is 1. The lowest BCUT2D eigenvalue weighted by Gasteiger charge is -2.29. The van der Waals surface area contributed by atoms with E-state index in [4.69, 9.17) is 15.2 Å². The van der Waals surface area contributed by atoms with Crippen LogP contribution in [-0.4, -0.2) is 71.0 Å². The normalized spacial score (nSPS) is 16.9. The molecular weight excluding hydrogens is 466 g/mol. The molecule has 0 aliphatic carbocycles. The third kappa shape index (κ3) is 5.55. The molecule has 3 heterocycles. The molecule has 3 aromatic rings. The molecule has 10 heteroatoms. The van der Waals surface area contributed by atoms with Crippen molar-refractivity contribution in [3.63, 3.8) is 0 Å². The van der Waals surface area contributed by atoms with Crippen LogP contribution in [0.1, 0.15) is 5.56 Å². The molecule has 35 heavy (non-hydrogen) atoms. The highest BCUT2D eigenvalue weighted by Crippen LogP contribution is 2.31. The minimum Gasteiger partial charge on any atom is -0.378 e. The lowest BCUT2D eigenvalue weighted by atomic mass is 10.1. The Morgan fingerprint density at radius 3 is 1.94 bits per heavy atom. The Hall–Kier alpha value is -3.21. The summed E-state index contributed by atoms with van der Waals surface area (Å²) in [5, 5.41) is 0. The molecule has 0 amide bonds. The number of sulfone groups is 1. The van der Waals surface area contributed by atoms with Crippen molar-refractivity contribution in [2.75, 3.05) is 68.1 Å². The number of aromatic nitrogens is 2. The molecule has 2 fully saturated rings. The minimum absolute atomic E-state index is 0.0827. The van der Waals surface area contributed by atoms with E-state index in [9.17, 15) is 8.42 Å². The molecule has 0 spiro atoms. The summed E-state index contributed by atoms with van der Waals surface area (Å²) in [6.07, 6.45) is 3.23. The predicted octanol–water partition coefficient (Wildman–Crippen LogP) is 2.37. The maximum absolute atomic E-state index is 13.5. The van der Waals surface area contributed by atoms with Crippen molar-refractivity contribution in [1.29, 1.82) is 0 Å². The molecule has 184 valence electrons. The fraction of sp³-hybridized carbons (Fsp3) is 0.360. The van der Waals surface area contributed by atoms with Gasteiger partial charge in [0.05, 0.1) is 37.1 Å². The summed E-state index contributed by atoms with van der Waals surface area (Å²) in [6.45, 7) is 5.69. The zero-order valence-electron chi connectivity index (χ0n) is 19.5. The van der Waals surface area contributed by atoms with Gasteiger partial charge in [-0.25, -0.2) is 18.4 Å². The van der Waals surface area contributed by atoms with E-state index in [1.807, 2.05) is 30.3 Å². The van der Waals surface area contributed by atoms with Gasteiger partial charge in [0, 0.05) is 55.5 Å². The second kappa shape index (κ2) is 10.2. The molecule has 9 nitrogen and oxygen atoms in total. The monoisotopic (exact) mass is 495 g/mol.